The lowest BCUT2D eigenvalue weighted by Crippen LogP contribution is -2.21. The Morgan fingerprint density at radius 3 is 2.50 bits per heavy atom. The average Bonchev–Trinajstić information content (AvgIpc) is 2.90. The van der Waals surface area contributed by atoms with Gasteiger partial charge in [0.1, 0.15) is 0 Å². The van der Waals surface area contributed by atoms with Gasteiger partial charge in [-0.25, -0.2) is 9.59 Å². The second kappa shape index (κ2) is 5.08. The van der Waals surface area contributed by atoms with Gasteiger partial charge in [0.15, 0.2) is 0 Å². The van der Waals surface area contributed by atoms with E-state index >= 15 is 0 Å². The van der Waals surface area contributed by atoms with Gasteiger partial charge in [-0.1, -0.05) is 0 Å². The summed E-state index contributed by atoms with van der Waals surface area (Å²) in [6.45, 7) is 1.72. The molecular formula is C13H15NO4. The predicted octanol–water partition coefficient (Wildman–Crippen LogP) is 1.77. The van der Waals surface area contributed by atoms with Crippen molar-refractivity contribution >= 4 is 17.6 Å². The topological polar surface area (TPSA) is 66.8 Å². The number of carbonyl (C=O) groups excluding carboxylic acids is 1. The van der Waals surface area contributed by atoms with Crippen LogP contribution in [0.15, 0.2) is 18.2 Å². The van der Waals surface area contributed by atoms with Crippen LogP contribution in [0.2, 0.25) is 0 Å². The predicted molar refractivity (Wildman–Crippen MR) is 66.2 cm³/mol. The third kappa shape index (κ3) is 2.30. The number of hydrogen-bond donors (Lipinski definition) is 1. The molecule has 0 spiro atoms. The van der Waals surface area contributed by atoms with Crippen molar-refractivity contribution in [3.8, 4) is 0 Å². The number of nitrogens with zero attached hydrogens (tertiary/aromatic N) is 1. The first kappa shape index (κ1) is 12.4. The van der Waals surface area contributed by atoms with E-state index in [0.717, 1.165) is 25.9 Å². The molecule has 1 heterocycles. The van der Waals surface area contributed by atoms with Crippen molar-refractivity contribution in [2.45, 2.75) is 12.8 Å². The highest BCUT2D eigenvalue weighted by Gasteiger charge is 2.20. The third-order valence-electron chi connectivity index (χ3n) is 3.09. The van der Waals surface area contributed by atoms with Gasteiger partial charge in [-0.2, -0.15) is 0 Å². The molecule has 0 unspecified atom stereocenters. The summed E-state index contributed by atoms with van der Waals surface area (Å²) >= 11 is 0. The molecule has 0 saturated carbocycles. The van der Waals surface area contributed by atoms with Crippen molar-refractivity contribution in [1.29, 1.82) is 0 Å². The third-order valence-corrected chi connectivity index (χ3v) is 3.09. The van der Waals surface area contributed by atoms with Crippen molar-refractivity contribution in [1.82, 2.24) is 0 Å². The maximum absolute atomic E-state index is 11.4. The Kier molecular flexibility index (Phi) is 3.50. The number of rotatable bonds is 3. The zero-order valence-electron chi connectivity index (χ0n) is 10.2. The van der Waals surface area contributed by atoms with Gasteiger partial charge in [0, 0.05) is 13.1 Å². The lowest BCUT2D eigenvalue weighted by molar-refractivity contribution is 0.0600. The van der Waals surface area contributed by atoms with Crippen LogP contribution < -0.4 is 4.90 Å². The molecule has 0 aliphatic carbocycles. The molecule has 0 radical (unpaired) electrons. The Hall–Kier alpha value is -2.04. The van der Waals surface area contributed by atoms with E-state index in [1.54, 1.807) is 12.1 Å². The number of hydrogen-bond acceptors (Lipinski definition) is 4. The summed E-state index contributed by atoms with van der Waals surface area (Å²) in [5.41, 5.74) is 1.09. The fourth-order valence-corrected chi connectivity index (χ4v) is 2.19. The highest BCUT2D eigenvalue weighted by Crippen LogP contribution is 2.26. The van der Waals surface area contributed by atoms with E-state index in [1.807, 2.05) is 4.90 Å². The van der Waals surface area contributed by atoms with E-state index in [0.29, 0.717) is 5.69 Å². The molecule has 1 aliphatic rings. The monoisotopic (exact) mass is 249 g/mol. The van der Waals surface area contributed by atoms with Crippen LogP contribution in [0.25, 0.3) is 0 Å². The highest BCUT2D eigenvalue weighted by atomic mass is 16.5. The fraction of sp³-hybridized carbons (Fsp3) is 0.385. The molecule has 5 heteroatoms. The van der Waals surface area contributed by atoms with Crippen molar-refractivity contribution in [2.24, 2.45) is 0 Å². The Labute approximate surface area is 105 Å². The van der Waals surface area contributed by atoms with Gasteiger partial charge in [-0.3, -0.25) is 0 Å². The summed E-state index contributed by atoms with van der Waals surface area (Å²) < 4.78 is 4.59. The van der Waals surface area contributed by atoms with Crippen LogP contribution in [0.3, 0.4) is 0 Å². The number of esters is 1. The molecule has 96 valence electrons. The van der Waals surface area contributed by atoms with E-state index in [4.69, 9.17) is 0 Å². The minimum Gasteiger partial charge on any atom is -0.478 e. The standard InChI is InChI=1S/C13H15NO4/c1-18-13(17)9-4-5-11(10(8-9)12(15)16)14-6-2-3-7-14/h4-5,8H,2-3,6-7H2,1H3,(H,15,16). The van der Waals surface area contributed by atoms with Crippen LogP contribution in [0.5, 0.6) is 0 Å². The van der Waals surface area contributed by atoms with Gasteiger partial charge in [-0.05, 0) is 31.0 Å². The molecule has 1 N–H and O–H groups in total. The first-order valence-electron chi connectivity index (χ1n) is 5.84. The molecule has 18 heavy (non-hydrogen) atoms. The number of carbonyl (C=O) groups is 2. The first-order chi connectivity index (χ1) is 8.63. The molecule has 0 amide bonds. The van der Waals surface area contributed by atoms with Crippen molar-refractivity contribution < 1.29 is 19.4 Å². The number of carboxylic acids is 1. The zero-order valence-corrected chi connectivity index (χ0v) is 10.2. The maximum atomic E-state index is 11.4. The van der Waals surface area contributed by atoms with E-state index in [2.05, 4.69) is 4.74 Å². The van der Waals surface area contributed by atoms with Gasteiger partial charge in [0.2, 0.25) is 0 Å². The second-order valence-electron chi connectivity index (χ2n) is 4.22. The highest BCUT2D eigenvalue weighted by molar-refractivity contribution is 5.99. The van der Waals surface area contributed by atoms with E-state index in [-0.39, 0.29) is 11.1 Å². The zero-order chi connectivity index (χ0) is 13.1. The molecule has 5 nitrogen and oxygen atoms in total. The summed E-state index contributed by atoms with van der Waals surface area (Å²) in [5, 5.41) is 9.23. The quantitative estimate of drug-likeness (QED) is 0.827. The van der Waals surface area contributed by atoms with Crippen LogP contribution in [0, 0.1) is 0 Å². The number of ether oxygens (including phenoxy) is 1. The minimum atomic E-state index is -1.03. The lowest BCUT2D eigenvalue weighted by Gasteiger charge is -2.20. The maximum Gasteiger partial charge on any atom is 0.337 e. The normalized spacial score (nSPS) is 14.6. The number of aromatic carboxylic acids is 1. The molecular weight excluding hydrogens is 234 g/mol. The molecule has 1 saturated heterocycles. The van der Waals surface area contributed by atoms with Crippen LogP contribution in [0.1, 0.15) is 33.6 Å². The molecule has 1 aliphatic heterocycles. The molecule has 1 aromatic rings. The molecule has 0 bridgehead atoms. The molecule has 2 rings (SSSR count). The summed E-state index contributed by atoms with van der Waals surface area (Å²) in [7, 11) is 1.27. The minimum absolute atomic E-state index is 0.153. The van der Waals surface area contributed by atoms with Crippen molar-refractivity contribution in [3.63, 3.8) is 0 Å². The van der Waals surface area contributed by atoms with Gasteiger partial charge in [0.05, 0.1) is 23.9 Å². The largest absolute Gasteiger partial charge is 0.478 e. The van der Waals surface area contributed by atoms with E-state index in [1.165, 1.54) is 13.2 Å². The first-order valence-corrected chi connectivity index (χ1v) is 5.84. The Balaban J connectivity index is 2.40. The lowest BCUT2D eigenvalue weighted by atomic mass is 10.1. The Morgan fingerprint density at radius 1 is 1.28 bits per heavy atom. The molecule has 0 aromatic heterocycles. The summed E-state index contributed by atoms with van der Waals surface area (Å²) in [6.07, 6.45) is 2.13. The molecule has 1 aromatic carbocycles. The van der Waals surface area contributed by atoms with Gasteiger partial charge >= 0.3 is 11.9 Å². The average molecular weight is 249 g/mol. The van der Waals surface area contributed by atoms with Gasteiger partial charge in [0.25, 0.3) is 0 Å². The number of carboxylic acid groups (broad SMARTS) is 1. The van der Waals surface area contributed by atoms with Crippen molar-refractivity contribution in [3.05, 3.63) is 29.3 Å². The number of anilines is 1. The van der Waals surface area contributed by atoms with Crippen LogP contribution in [-0.4, -0.2) is 37.2 Å². The fourth-order valence-electron chi connectivity index (χ4n) is 2.19. The van der Waals surface area contributed by atoms with Gasteiger partial charge in [-0.15, -0.1) is 0 Å². The number of benzene rings is 1. The van der Waals surface area contributed by atoms with E-state index in [9.17, 15) is 14.7 Å². The number of methoxy groups -OCH3 is 1. The van der Waals surface area contributed by atoms with Crippen LogP contribution in [0.4, 0.5) is 5.69 Å². The molecule has 0 atom stereocenters. The summed E-state index contributed by atoms with van der Waals surface area (Å²) in [4.78, 5) is 24.7. The Morgan fingerprint density at radius 2 is 1.94 bits per heavy atom. The smallest absolute Gasteiger partial charge is 0.337 e. The van der Waals surface area contributed by atoms with Crippen LogP contribution in [-0.2, 0) is 4.74 Å². The summed E-state index contributed by atoms with van der Waals surface area (Å²) in [6, 6.07) is 4.66. The Bertz CT molecular complexity index is 478. The van der Waals surface area contributed by atoms with Crippen LogP contribution >= 0.6 is 0 Å². The van der Waals surface area contributed by atoms with Gasteiger partial charge < -0.3 is 14.7 Å². The molecule has 1 fully saturated rings. The SMILES string of the molecule is COC(=O)c1ccc(N2CCCC2)c(C(=O)O)c1. The second-order valence-corrected chi connectivity index (χ2v) is 4.22. The summed E-state index contributed by atoms with van der Waals surface area (Å²) in [5.74, 6) is -1.55. The van der Waals surface area contributed by atoms with E-state index < -0.39 is 11.9 Å². The van der Waals surface area contributed by atoms with Crippen molar-refractivity contribution in [2.75, 3.05) is 25.1 Å².